The smallest absolute Gasteiger partial charge is 0.329 e. The van der Waals surface area contributed by atoms with Crippen LogP contribution in [-0.2, 0) is 14.3 Å². The monoisotopic (exact) mass is 252 g/mol. The third-order valence-corrected chi connectivity index (χ3v) is 3.58. The van der Waals surface area contributed by atoms with Crippen molar-refractivity contribution in [2.24, 2.45) is 0 Å². The number of rotatable bonds is 3. The molecule has 2 atom stereocenters. The number of carbonyl (C=O) groups is 2. The number of hydrogen-bond acceptors (Lipinski definition) is 4. The van der Waals surface area contributed by atoms with E-state index in [1.807, 2.05) is 0 Å². The Morgan fingerprint density at radius 2 is 2.28 bits per heavy atom. The SMILES string of the molecule is C=CCOC(=O)C1CCC2CCNCCC(=O)N21. The van der Waals surface area contributed by atoms with Gasteiger partial charge in [-0.1, -0.05) is 12.7 Å². The molecular weight excluding hydrogens is 232 g/mol. The average molecular weight is 252 g/mol. The standard InChI is InChI=1S/C13H20N2O3/c1-2-9-18-13(17)11-4-3-10-5-7-14-8-6-12(16)15(10)11/h2,10-11,14H,1,3-9H2. The van der Waals surface area contributed by atoms with Crippen LogP contribution in [0.5, 0.6) is 0 Å². The predicted molar refractivity (Wildman–Crippen MR) is 66.9 cm³/mol. The van der Waals surface area contributed by atoms with Gasteiger partial charge in [0, 0.05) is 19.0 Å². The minimum Gasteiger partial charge on any atom is -0.460 e. The summed E-state index contributed by atoms with van der Waals surface area (Å²) in [6, 6.07) is -0.202. The second-order valence-electron chi connectivity index (χ2n) is 4.76. The van der Waals surface area contributed by atoms with Gasteiger partial charge in [0.25, 0.3) is 0 Å². The second-order valence-corrected chi connectivity index (χ2v) is 4.76. The van der Waals surface area contributed by atoms with Gasteiger partial charge in [-0.25, -0.2) is 4.79 Å². The molecule has 0 aliphatic carbocycles. The summed E-state index contributed by atoms with van der Waals surface area (Å²) in [4.78, 5) is 25.8. The molecule has 2 saturated heterocycles. The van der Waals surface area contributed by atoms with E-state index in [2.05, 4.69) is 11.9 Å². The zero-order valence-electron chi connectivity index (χ0n) is 10.6. The van der Waals surface area contributed by atoms with Crippen LogP contribution in [0.25, 0.3) is 0 Å². The van der Waals surface area contributed by atoms with Crippen LogP contribution >= 0.6 is 0 Å². The van der Waals surface area contributed by atoms with Crippen molar-refractivity contribution in [3.05, 3.63) is 12.7 Å². The van der Waals surface area contributed by atoms with Gasteiger partial charge in [-0.2, -0.15) is 0 Å². The van der Waals surface area contributed by atoms with E-state index in [9.17, 15) is 9.59 Å². The molecule has 18 heavy (non-hydrogen) atoms. The van der Waals surface area contributed by atoms with Crippen LogP contribution in [0.4, 0.5) is 0 Å². The molecule has 5 heteroatoms. The summed E-state index contributed by atoms with van der Waals surface area (Å²) in [7, 11) is 0. The zero-order chi connectivity index (χ0) is 13.0. The summed E-state index contributed by atoms with van der Waals surface area (Å²) in [5, 5.41) is 3.23. The first-order valence-electron chi connectivity index (χ1n) is 6.53. The van der Waals surface area contributed by atoms with Crippen LogP contribution in [0.1, 0.15) is 25.7 Å². The van der Waals surface area contributed by atoms with E-state index in [1.54, 1.807) is 11.0 Å². The Morgan fingerprint density at radius 1 is 1.44 bits per heavy atom. The minimum atomic E-state index is -0.388. The van der Waals surface area contributed by atoms with Crippen molar-refractivity contribution in [2.45, 2.75) is 37.8 Å². The van der Waals surface area contributed by atoms with E-state index in [0.717, 1.165) is 19.4 Å². The quantitative estimate of drug-likeness (QED) is 0.585. The Labute approximate surface area is 107 Å². The largest absolute Gasteiger partial charge is 0.460 e. The van der Waals surface area contributed by atoms with Crippen molar-refractivity contribution in [3.63, 3.8) is 0 Å². The first kappa shape index (κ1) is 13.1. The maximum absolute atomic E-state index is 12.1. The fraction of sp³-hybridized carbons (Fsp3) is 0.692. The molecule has 2 heterocycles. The first-order chi connectivity index (χ1) is 8.74. The molecule has 0 saturated carbocycles. The van der Waals surface area contributed by atoms with Crippen molar-refractivity contribution >= 4 is 11.9 Å². The first-order valence-corrected chi connectivity index (χ1v) is 6.53. The number of ether oxygens (including phenoxy) is 1. The molecule has 1 N–H and O–H groups in total. The normalized spacial score (nSPS) is 28.2. The molecule has 2 aliphatic heterocycles. The number of nitrogens with zero attached hydrogens (tertiary/aromatic N) is 1. The molecular formula is C13H20N2O3. The van der Waals surface area contributed by atoms with Gasteiger partial charge in [0.05, 0.1) is 0 Å². The molecule has 5 nitrogen and oxygen atoms in total. The molecule has 2 rings (SSSR count). The fourth-order valence-corrected chi connectivity index (χ4v) is 2.73. The Kier molecular flexibility index (Phi) is 4.36. The molecule has 0 spiro atoms. The van der Waals surface area contributed by atoms with Gasteiger partial charge < -0.3 is 15.0 Å². The molecule has 0 aromatic rings. The summed E-state index contributed by atoms with van der Waals surface area (Å²) < 4.78 is 5.08. The average Bonchev–Trinajstić information content (AvgIpc) is 2.76. The maximum atomic E-state index is 12.1. The number of fused-ring (bicyclic) bond motifs is 1. The highest BCUT2D eigenvalue weighted by Gasteiger charge is 2.41. The summed E-state index contributed by atoms with van der Waals surface area (Å²) >= 11 is 0. The number of carbonyl (C=O) groups excluding carboxylic acids is 2. The zero-order valence-corrected chi connectivity index (χ0v) is 10.6. The highest BCUT2D eigenvalue weighted by Crippen LogP contribution is 2.28. The van der Waals surface area contributed by atoms with Gasteiger partial charge in [0.2, 0.25) is 5.91 Å². The number of nitrogens with one attached hydrogen (secondary N) is 1. The lowest BCUT2D eigenvalue weighted by molar-refractivity contribution is -0.153. The topological polar surface area (TPSA) is 58.6 Å². The third-order valence-electron chi connectivity index (χ3n) is 3.58. The van der Waals surface area contributed by atoms with Crippen molar-refractivity contribution in [2.75, 3.05) is 19.7 Å². The van der Waals surface area contributed by atoms with Gasteiger partial charge >= 0.3 is 5.97 Å². The van der Waals surface area contributed by atoms with E-state index in [4.69, 9.17) is 4.74 Å². The van der Waals surface area contributed by atoms with Crippen LogP contribution in [0, 0.1) is 0 Å². The van der Waals surface area contributed by atoms with Crippen molar-refractivity contribution in [1.29, 1.82) is 0 Å². The Hall–Kier alpha value is -1.36. The lowest BCUT2D eigenvalue weighted by atomic mass is 10.1. The van der Waals surface area contributed by atoms with E-state index >= 15 is 0 Å². The van der Waals surface area contributed by atoms with E-state index < -0.39 is 0 Å². The van der Waals surface area contributed by atoms with Gasteiger partial charge in [-0.3, -0.25) is 4.79 Å². The summed E-state index contributed by atoms with van der Waals surface area (Å²) in [6.07, 6.45) is 4.52. The molecule has 100 valence electrons. The Balaban J connectivity index is 2.05. The third kappa shape index (κ3) is 2.72. The lowest BCUT2D eigenvalue weighted by Crippen LogP contribution is -2.48. The molecule has 2 unspecified atom stereocenters. The van der Waals surface area contributed by atoms with E-state index in [-0.39, 0.29) is 30.6 Å². The van der Waals surface area contributed by atoms with Crippen LogP contribution in [-0.4, -0.2) is 48.6 Å². The number of hydrogen-bond donors (Lipinski definition) is 1. The highest BCUT2D eigenvalue weighted by molar-refractivity contribution is 5.85. The van der Waals surface area contributed by atoms with Crippen LogP contribution < -0.4 is 5.32 Å². The number of amides is 1. The van der Waals surface area contributed by atoms with E-state index in [1.165, 1.54) is 0 Å². The molecule has 1 amide bonds. The Bertz CT molecular complexity index is 343. The fourth-order valence-electron chi connectivity index (χ4n) is 2.73. The van der Waals surface area contributed by atoms with Crippen LogP contribution in [0.3, 0.4) is 0 Å². The Morgan fingerprint density at radius 3 is 3.06 bits per heavy atom. The van der Waals surface area contributed by atoms with Gasteiger partial charge in [0.1, 0.15) is 12.6 Å². The molecule has 0 aromatic carbocycles. The van der Waals surface area contributed by atoms with Crippen molar-refractivity contribution < 1.29 is 14.3 Å². The minimum absolute atomic E-state index is 0.0604. The van der Waals surface area contributed by atoms with E-state index in [0.29, 0.717) is 19.4 Å². The van der Waals surface area contributed by atoms with Crippen molar-refractivity contribution in [3.8, 4) is 0 Å². The van der Waals surface area contributed by atoms with Gasteiger partial charge in [-0.15, -0.1) is 0 Å². The van der Waals surface area contributed by atoms with Gasteiger partial charge in [0.15, 0.2) is 0 Å². The molecule has 2 fully saturated rings. The highest BCUT2D eigenvalue weighted by atomic mass is 16.5. The second kappa shape index (κ2) is 6.00. The predicted octanol–water partition coefficient (Wildman–Crippen LogP) is 0.459. The summed E-state index contributed by atoms with van der Waals surface area (Å²) in [6.45, 7) is 5.33. The summed E-state index contributed by atoms with van der Waals surface area (Å²) in [5.41, 5.74) is 0. The molecule has 0 radical (unpaired) electrons. The maximum Gasteiger partial charge on any atom is 0.329 e. The molecule has 0 bridgehead atoms. The summed E-state index contributed by atoms with van der Waals surface area (Å²) in [5.74, 6) is -0.232. The van der Waals surface area contributed by atoms with Crippen molar-refractivity contribution in [1.82, 2.24) is 10.2 Å². The van der Waals surface area contributed by atoms with Crippen LogP contribution in [0.2, 0.25) is 0 Å². The molecule has 0 aromatic heterocycles. The lowest BCUT2D eigenvalue weighted by Gasteiger charge is -2.31. The number of esters is 1. The molecule has 2 aliphatic rings. The van der Waals surface area contributed by atoms with Gasteiger partial charge in [-0.05, 0) is 25.8 Å². The van der Waals surface area contributed by atoms with Crippen LogP contribution in [0.15, 0.2) is 12.7 Å².